The summed E-state index contributed by atoms with van der Waals surface area (Å²) in [5.41, 5.74) is 6.74. The summed E-state index contributed by atoms with van der Waals surface area (Å²) in [7, 11) is 0. The molecule has 0 amide bonds. The number of hydrogen-bond acceptors (Lipinski definition) is 3. The molecule has 0 saturated carbocycles. The SMILES string of the molecule is CC1(C)c2cccnc2-c2c1n(-c1ccnc(-c3ccccc3)n1)c1ccccc21. The topological polar surface area (TPSA) is 43.6 Å². The predicted octanol–water partition coefficient (Wildman–Crippen LogP) is 5.79. The summed E-state index contributed by atoms with van der Waals surface area (Å²) in [6, 6.07) is 24.9. The van der Waals surface area contributed by atoms with E-state index in [4.69, 9.17) is 9.97 Å². The third-order valence-electron chi connectivity index (χ3n) is 6.09. The average molecular weight is 388 g/mol. The van der Waals surface area contributed by atoms with Gasteiger partial charge < -0.3 is 0 Å². The van der Waals surface area contributed by atoms with Crippen molar-refractivity contribution in [3.05, 3.63) is 96.4 Å². The first-order chi connectivity index (χ1) is 14.7. The van der Waals surface area contributed by atoms with Crippen molar-refractivity contribution in [3.63, 3.8) is 0 Å². The second kappa shape index (κ2) is 6.10. The van der Waals surface area contributed by atoms with Crippen molar-refractivity contribution in [2.45, 2.75) is 19.3 Å². The molecular weight excluding hydrogens is 368 g/mol. The summed E-state index contributed by atoms with van der Waals surface area (Å²) in [6.45, 7) is 4.54. The van der Waals surface area contributed by atoms with Crippen molar-refractivity contribution < 1.29 is 0 Å². The maximum atomic E-state index is 4.97. The Kier molecular flexibility index (Phi) is 3.48. The van der Waals surface area contributed by atoms with Gasteiger partial charge in [0.1, 0.15) is 5.82 Å². The van der Waals surface area contributed by atoms with Crippen LogP contribution in [0.2, 0.25) is 0 Å². The molecule has 30 heavy (non-hydrogen) atoms. The largest absolute Gasteiger partial charge is 0.296 e. The summed E-state index contributed by atoms with van der Waals surface area (Å²) < 4.78 is 2.29. The molecule has 0 unspecified atom stereocenters. The molecule has 0 fully saturated rings. The Hall–Kier alpha value is -3.79. The van der Waals surface area contributed by atoms with Crippen LogP contribution in [0.15, 0.2) is 85.2 Å². The van der Waals surface area contributed by atoms with Gasteiger partial charge in [0.25, 0.3) is 0 Å². The third kappa shape index (κ3) is 2.25. The van der Waals surface area contributed by atoms with Crippen molar-refractivity contribution in [2.24, 2.45) is 0 Å². The van der Waals surface area contributed by atoms with Crippen LogP contribution in [0.1, 0.15) is 25.1 Å². The Balaban J connectivity index is 1.69. The molecular formula is C26H20N4. The molecule has 0 spiro atoms. The molecule has 1 aliphatic carbocycles. The predicted molar refractivity (Wildman–Crippen MR) is 120 cm³/mol. The highest BCUT2D eigenvalue weighted by molar-refractivity contribution is 6.02. The van der Waals surface area contributed by atoms with Crippen LogP contribution in [0, 0.1) is 0 Å². The second-order valence-corrected chi connectivity index (χ2v) is 8.21. The van der Waals surface area contributed by atoms with Crippen LogP contribution in [-0.2, 0) is 5.41 Å². The van der Waals surface area contributed by atoms with Gasteiger partial charge in [-0.2, -0.15) is 0 Å². The summed E-state index contributed by atoms with van der Waals surface area (Å²) in [6.07, 6.45) is 3.73. The van der Waals surface area contributed by atoms with E-state index in [9.17, 15) is 0 Å². The molecule has 0 radical (unpaired) electrons. The molecule has 3 heterocycles. The molecule has 3 aromatic heterocycles. The molecule has 4 heteroatoms. The Morgan fingerprint density at radius 1 is 0.767 bits per heavy atom. The lowest BCUT2D eigenvalue weighted by atomic mass is 9.86. The summed E-state index contributed by atoms with van der Waals surface area (Å²) in [5.74, 6) is 1.60. The smallest absolute Gasteiger partial charge is 0.161 e. The number of rotatable bonds is 2. The van der Waals surface area contributed by atoms with E-state index in [1.807, 2.05) is 54.9 Å². The van der Waals surface area contributed by atoms with Crippen LogP contribution in [0.25, 0.3) is 39.4 Å². The fourth-order valence-corrected chi connectivity index (χ4v) is 4.75. The molecule has 0 bridgehead atoms. The van der Waals surface area contributed by atoms with Gasteiger partial charge in [-0.25, -0.2) is 9.97 Å². The number of para-hydroxylation sites is 1. The van der Waals surface area contributed by atoms with Crippen molar-refractivity contribution in [1.29, 1.82) is 0 Å². The summed E-state index contributed by atoms with van der Waals surface area (Å²) in [4.78, 5) is 14.3. The normalized spacial score (nSPS) is 13.9. The van der Waals surface area contributed by atoms with Crippen molar-refractivity contribution in [3.8, 4) is 28.5 Å². The third-order valence-corrected chi connectivity index (χ3v) is 6.09. The molecule has 0 N–H and O–H groups in total. The molecule has 1 aliphatic rings. The lowest BCUT2D eigenvalue weighted by Crippen LogP contribution is -2.20. The average Bonchev–Trinajstić information content (AvgIpc) is 3.26. The van der Waals surface area contributed by atoms with Crippen molar-refractivity contribution in [1.82, 2.24) is 19.5 Å². The van der Waals surface area contributed by atoms with Crippen molar-refractivity contribution >= 4 is 10.9 Å². The van der Waals surface area contributed by atoms with Gasteiger partial charge in [-0.1, -0.05) is 68.4 Å². The fourth-order valence-electron chi connectivity index (χ4n) is 4.75. The van der Waals surface area contributed by atoms with E-state index < -0.39 is 0 Å². The second-order valence-electron chi connectivity index (χ2n) is 8.21. The number of fused-ring (bicyclic) bond motifs is 5. The van der Waals surface area contributed by atoms with Gasteiger partial charge in [-0.15, -0.1) is 0 Å². The maximum absolute atomic E-state index is 4.97. The number of pyridine rings is 1. The molecule has 6 rings (SSSR count). The molecule has 0 aliphatic heterocycles. The fraction of sp³-hybridized carbons (Fsp3) is 0.115. The van der Waals surface area contributed by atoms with Gasteiger partial charge in [0, 0.05) is 40.0 Å². The van der Waals surface area contributed by atoms with Crippen LogP contribution in [-0.4, -0.2) is 19.5 Å². The van der Waals surface area contributed by atoms with E-state index in [0.717, 1.165) is 28.4 Å². The highest BCUT2D eigenvalue weighted by Gasteiger charge is 2.41. The quantitative estimate of drug-likeness (QED) is 0.384. The van der Waals surface area contributed by atoms with Crippen LogP contribution in [0.5, 0.6) is 0 Å². The summed E-state index contributed by atoms with van der Waals surface area (Å²) in [5, 5.41) is 1.21. The highest BCUT2D eigenvalue weighted by atomic mass is 15.1. The first-order valence-corrected chi connectivity index (χ1v) is 10.1. The Labute approximate surface area is 174 Å². The van der Waals surface area contributed by atoms with E-state index in [-0.39, 0.29) is 5.41 Å². The maximum Gasteiger partial charge on any atom is 0.161 e. The van der Waals surface area contributed by atoms with E-state index in [0.29, 0.717) is 0 Å². The van der Waals surface area contributed by atoms with E-state index in [2.05, 4.69) is 53.7 Å². The highest BCUT2D eigenvalue weighted by Crippen LogP contribution is 2.52. The van der Waals surface area contributed by atoms with E-state index >= 15 is 0 Å². The van der Waals surface area contributed by atoms with Gasteiger partial charge in [-0.3, -0.25) is 9.55 Å². The Morgan fingerprint density at radius 2 is 1.57 bits per heavy atom. The number of hydrogen-bond donors (Lipinski definition) is 0. The monoisotopic (exact) mass is 388 g/mol. The molecule has 0 saturated heterocycles. The molecule has 2 aromatic carbocycles. The van der Waals surface area contributed by atoms with Gasteiger partial charge in [0.15, 0.2) is 5.82 Å². The lowest BCUT2D eigenvalue weighted by Gasteiger charge is -2.23. The molecule has 5 aromatic rings. The lowest BCUT2D eigenvalue weighted by molar-refractivity contribution is 0.620. The van der Waals surface area contributed by atoms with Crippen LogP contribution < -0.4 is 0 Å². The molecule has 0 atom stereocenters. The minimum absolute atomic E-state index is 0.185. The van der Waals surface area contributed by atoms with Crippen LogP contribution >= 0.6 is 0 Å². The van der Waals surface area contributed by atoms with E-state index in [1.54, 1.807) is 0 Å². The van der Waals surface area contributed by atoms with Gasteiger partial charge in [0.2, 0.25) is 0 Å². The standard InChI is InChI=1S/C26H20N4/c1-26(2)19-12-8-15-27-23(19)22-18-11-6-7-13-20(18)30(24(22)26)21-14-16-28-25(29-21)17-9-4-3-5-10-17/h3-16H,1-2H3. The Morgan fingerprint density at radius 3 is 2.43 bits per heavy atom. The Bertz CT molecular complexity index is 1410. The van der Waals surface area contributed by atoms with Gasteiger partial charge >= 0.3 is 0 Å². The number of nitrogens with zero attached hydrogens (tertiary/aromatic N) is 4. The van der Waals surface area contributed by atoms with Gasteiger partial charge in [0.05, 0.1) is 11.2 Å². The number of benzene rings is 2. The van der Waals surface area contributed by atoms with Crippen LogP contribution in [0.4, 0.5) is 0 Å². The van der Waals surface area contributed by atoms with E-state index in [1.165, 1.54) is 22.2 Å². The zero-order chi connectivity index (χ0) is 20.3. The minimum atomic E-state index is -0.185. The number of aromatic nitrogens is 4. The summed E-state index contributed by atoms with van der Waals surface area (Å²) >= 11 is 0. The zero-order valence-corrected chi connectivity index (χ0v) is 16.9. The van der Waals surface area contributed by atoms with Gasteiger partial charge in [-0.05, 0) is 23.8 Å². The zero-order valence-electron chi connectivity index (χ0n) is 16.9. The molecule has 144 valence electrons. The molecule has 4 nitrogen and oxygen atoms in total. The van der Waals surface area contributed by atoms with Crippen LogP contribution in [0.3, 0.4) is 0 Å². The first-order valence-electron chi connectivity index (χ1n) is 10.1. The van der Waals surface area contributed by atoms with Crippen molar-refractivity contribution in [2.75, 3.05) is 0 Å². The minimum Gasteiger partial charge on any atom is -0.296 e. The first kappa shape index (κ1) is 17.1.